The van der Waals surface area contributed by atoms with Crippen molar-refractivity contribution in [2.45, 2.75) is 52.4 Å². The van der Waals surface area contributed by atoms with Crippen LogP contribution in [0.1, 0.15) is 34.1 Å². The molecular weight excluding hydrogens is 192 g/mol. The first-order valence-electron chi connectivity index (χ1n) is 5.61. The number of hydrogen-bond donors (Lipinski definition) is 2. The first-order valence-corrected chi connectivity index (χ1v) is 5.61. The summed E-state index contributed by atoms with van der Waals surface area (Å²) in [6, 6.07) is 0.211. The highest BCUT2D eigenvalue weighted by molar-refractivity contribution is 5.80. The molecule has 0 aliphatic heterocycles. The Morgan fingerprint density at radius 1 is 1.33 bits per heavy atom. The zero-order valence-corrected chi connectivity index (χ0v) is 10.5. The Kier molecular flexibility index (Phi) is 7.34. The smallest absolute Gasteiger partial charge is 0.249 e. The highest BCUT2D eigenvalue weighted by Gasteiger charge is 2.17. The van der Waals surface area contributed by atoms with E-state index in [2.05, 4.69) is 10.6 Å². The molecule has 0 radical (unpaired) electrons. The summed E-state index contributed by atoms with van der Waals surface area (Å²) >= 11 is 0. The lowest BCUT2D eigenvalue weighted by Gasteiger charge is -2.20. The van der Waals surface area contributed by atoms with E-state index in [1.165, 1.54) is 0 Å². The van der Waals surface area contributed by atoms with Crippen LogP contribution >= 0.6 is 0 Å². The van der Waals surface area contributed by atoms with Gasteiger partial charge in [-0.2, -0.15) is 0 Å². The molecule has 90 valence electrons. The minimum atomic E-state index is -0.387. The molecule has 3 unspecified atom stereocenters. The van der Waals surface area contributed by atoms with Crippen molar-refractivity contribution in [3.63, 3.8) is 0 Å². The zero-order valence-electron chi connectivity index (χ0n) is 10.5. The van der Waals surface area contributed by atoms with Crippen molar-refractivity contribution in [2.24, 2.45) is 0 Å². The van der Waals surface area contributed by atoms with Crippen LogP contribution in [0, 0.1) is 0 Å². The van der Waals surface area contributed by atoms with Crippen molar-refractivity contribution in [1.82, 2.24) is 10.6 Å². The van der Waals surface area contributed by atoms with Crippen molar-refractivity contribution in [3.8, 4) is 0 Å². The average molecular weight is 216 g/mol. The van der Waals surface area contributed by atoms with Crippen LogP contribution in [-0.4, -0.2) is 37.7 Å². The maximum absolute atomic E-state index is 11.6. The molecule has 0 heterocycles. The van der Waals surface area contributed by atoms with E-state index in [4.69, 9.17) is 4.74 Å². The van der Waals surface area contributed by atoms with Gasteiger partial charge >= 0.3 is 0 Å². The first-order chi connectivity index (χ1) is 7.01. The third kappa shape index (κ3) is 6.47. The van der Waals surface area contributed by atoms with E-state index in [-0.39, 0.29) is 24.2 Å². The van der Waals surface area contributed by atoms with Crippen LogP contribution in [0.4, 0.5) is 0 Å². The van der Waals surface area contributed by atoms with Gasteiger partial charge in [0.1, 0.15) is 6.10 Å². The molecular formula is C11H24N2O2. The van der Waals surface area contributed by atoms with Crippen LogP contribution in [0.3, 0.4) is 0 Å². The van der Waals surface area contributed by atoms with E-state index >= 15 is 0 Å². The predicted molar refractivity (Wildman–Crippen MR) is 61.8 cm³/mol. The lowest BCUT2D eigenvalue weighted by Crippen LogP contribution is -2.41. The molecule has 0 aromatic heterocycles. The van der Waals surface area contributed by atoms with E-state index in [0.29, 0.717) is 0 Å². The summed E-state index contributed by atoms with van der Waals surface area (Å²) in [5.41, 5.74) is 0. The fraction of sp³-hybridized carbons (Fsp3) is 0.909. The van der Waals surface area contributed by atoms with Crippen molar-refractivity contribution >= 4 is 5.91 Å². The molecule has 4 heteroatoms. The molecule has 0 saturated carbocycles. The number of rotatable bonds is 7. The van der Waals surface area contributed by atoms with E-state index < -0.39 is 0 Å². The molecule has 0 rings (SSSR count). The van der Waals surface area contributed by atoms with Gasteiger partial charge in [0.2, 0.25) is 5.91 Å². The van der Waals surface area contributed by atoms with Gasteiger partial charge in [-0.3, -0.25) is 4.79 Å². The van der Waals surface area contributed by atoms with Gasteiger partial charge in [-0.15, -0.1) is 0 Å². The molecule has 2 N–H and O–H groups in total. The molecule has 15 heavy (non-hydrogen) atoms. The van der Waals surface area contributed by atoms with E-state index in [1.54, 1.807) is 6.92 Å². The van der Waals surface area contributed by atoms with Crippen LogP contribution in [0.2, 0.25) is 0 Å². The van der Waals surface area contributed by atoms with Crippen molar-refractivity contribution in [1.29, 1.82) is 0 Å². The molecule has 0 aromatic rings. The summed E-state index contributed by atoms with van der Waals surface area (Å²) in [4.78, 5) is 11.6. The molecule has 1 amide bonds. The maximum atomic E-state index is 11.6. The lowest BCUT2D eigenvalue weighted by atomic mass is 10.2. The minimum Gasteiger partial charge on any atom is -0.364 e. The fourth-order valence-corrected chi connectivity index (χ4v) is 1.21. The van der Waals surface area contributed by atoms with Gasteiger partial charge in [-0.05, 0) is 34.2 Å². The zero-order chi connectivity index (χ0) is 11.8. The van der Waals surface area contributed by atoms with E-state index in [9.17, 15) is 4.79 Å². The Hall–Kier alpha value is -0.610. The predicted octanol–water partition coefficient (Wildman–Crippen LogP) is 0.914. The number of carbonyl (C=O) groups is 1. The number of nitrogens with one attached hydrogen (secondary N) is 2. The second kappa shape index (κ2) is 7.65. The monoisotopic (exact) mass is 216 g/mol. The largest absolute Gasteiger partial charge is 0.364 e. The Balaban J connectivity index is 3.87. The standard InChI is InChI=1S/C11H24N2O2/c1-6-8(2)13-11(14)10(4)15-9(3)7-12-5/h8-10,12H,6-7H2,1-5H3,(H,13,14). The molecule has 0 fully saturated rings. The quantitative estimate of drug-likeness (QED) is 0.665. The molecule has 0 aliphatic carbocycles. The normalized spacial score (nSPS) is 16.9. The number of ether oxygens (including phenoxy) is 1. The third-order valence-electron chi connectivity index (χ3n) is 2.30. The van der Waals surface area contributed by atoms with E-state index in [1.807, 2.05) is 27.8 Å². The second-order valence-electron chi connectivity index (χ2n) is 3.96. The number of likely N-dealkylation sites (N-methyl/N-ethyl adjacent to an activating group) is 1. The summed E-state index contributed by atoms with van der Waals surface area (Å²) in [7, 11) is 1.86. The third-order valence-corrected chi connectivity index (χ3v) is 2.30. The Labute approximate surface area is 92.8 Å². The van der Waals surface area contributed by atoms with Crippen LogP contribution < -0.4 is 10.6 Å². The van der Waals surface area contributed by atoms with Crippen LogP contribution in [0.15, 0.2) is 0 Å². The fourth-order valence-electron chi connectivity index (χ4n) is 1.21. The van der Waals surface area contributed by atoms with Gasteiger partial charge in [0, 0.05) is 12.6 Å². The van der Waals surface area contributed by atoms with Gasteiger partial charge in [0.15, 0.2) is 0 Å². The van der Waals surface area contributed by atoms with Crippen LogP contribution in [0.25, 0.3) is 0 Å². The molecule has 0 saturated heterocycles. The molecule has 0 bridgehead atoms. The molecule has 0 spiro atoms. The molecule has 0 aromatic carbocycles. The summed E-state index contributed by atoms with van der Waals surface area (Å²) in [6.45, 7) is 8.51. The molecule has 0 aliphatic rings. The average Bonchev–Trinajstić information content (AvgIpc) is 2.17. The van der Waals surface area contributed by atoms with Crippen LogP contribution in [-0.2, 0) is 9.53 Å². The minimum absolute atomic E-state index is 0.0349. The van der Waals surface area contributed by atoms with Gasteiger partial charge in [-0.1, -0.05) is 6.92 Å². The highest BCUT2D eigenvalue weighted by Crippen LogP contribution is 1.99. The molecule has 3 atom stereocenters. The highest BCUT2D eigenvalue weighted by atomic mass is 16.5. The summed E-state index contributed by atoms with van der Waals surface area (Å²) in [5, 5.41) is 5.90. The van der Waals surface area contributed by atoms with E-state index in [0.717, 1.165) is 13.0 Å². The second-order valence-corrected chi connectivity index (χ2v) is 3.96. The van der Waals surface area contributed by atoms with Gasteiger partial charge < -0.3 is 15.4 Å². The van der Waals surface area contributed by atoms with Gasteiger partial charge in [0.05, 0.1) is 6.10 Å². The number of amides is 1. The maximum Gasteiger partial charge on any atom is 0.249 e. The Bertz CT molecular complexity index is 185. The summed E-state index contributed by atoms with van der Waals surface area (Å²) in [6.07, 6.45) is 0.597. The van der Waals surface area contributed by atoms with Gasteiger partial charge in [0.25, 0.3) is 0 Å². The Morgan fingerprint density at radius 2 is 1.93 bits per heavy atom. The van der Waals surface area contributed by atoms with Crippen molar-refractivity contribution < 1.29 is 9.53 Å². The molecule has 4 nitrogen and oxygen atoms in total. The topological polar surface area (TPSA) is 50.4 Å². The van der Waals surface area contributed by atoms with Crippen molar-refractivity contribution in [2.75, 3.05) is 13.6 Å². The van der Waals surface area contributed by atoms with Crippen LogP contribution in [0.5, 0.6) is 0 Å². The van der Waals surface area contributed by atoms with Crippen molar-refractivity contribution in [3.05, 3.63) is 0 Å². The Morgan fingerprint density at radius 3 is 2.40 bits per heavy atom. The summed E-state index contributed by atoms with van der Waals surface area (Å²) in [5.74, 6) is -0.0349. The summed E-state index contributed by atoms with van der Waals surface area (Å²) < 4.78 is 5.52. The number of hydrogen-bond acceptors (Lipinski definition) is 3. The van der Waals surface area contributed by atoms with Gasteiger partial charge in [-0.25, -0.2) is 0 Å². The SMILES string of the molecule is CCC(C)NC(=O)C(C)OC(C)CNC. The number of carbonyl (C=O) groups excluding carboxylic acids is 1. The lowest BCUT2D eigenvalue weighted by molar-refractivity contribution is -0.135. The first kappa shape index (κ1) is 14.4.